The number of imidazole rings is 1. The summed E-state index contributed by atoms with van der Waals surface area (Å²) < 4.78 is 19.0. The zero-order chi connectivity index (χ0) is 26.8. The lowest BCUT2D eigenvalue weighted by molar-refractivity contribution is 0.0522. The number of hydrogen-bond acceptors (Lipinski definition) is 6. The summed E-state index contributed by atoms with van der Waals surface area (Å²) in [6, 6.07) is 20.3. The number of rotatable bonds is 9. The molecule has 8 heteroatoms. The van der Waals surface area contributed by atoms with Crippen LogP contribution in [0.3, 0.4) is 0 Å². The molecule has 7 nitrogen and oxygen atoms in total. The maximum Gasteiger partial charge on any atom is 0.341 e. The van der Waals surface area contributed by atoms with Gasteiger partial charge in [0.05, 0.1) is 41.5 Å². The zero-order valence-electron chi connectivity index (χ0n) is 21.8. The van der Waals surface area contributed by atoms with Gasteiger partial charge in [0, 0.05) is 11.8 Å². The zero-order valence-corrected chi connectivity index (χ0v) is 22.7. The standard InChI is InChI=1S/C31H29N3O4S/c1-3-36-31(35)29-24(23-11-7-9-21-8-5-6-10-22(21)23)17-34(30(29)39-4-2)26(25-16-32-18-33-25)14-20-12-13-27-28(15-20)38-19-37-27/h5-13,15-18,26H,3-4,14,19H2,1-2H3,(H,32,33). The van der Waals surface area contributed by atoms with Crippen LogP contribution >= 0.6 is 11.8 Å². The number of thioether (sulfide) groups is 1. The molecule has 3 heterocycles. The van der Waals surface area contributed by atoms with E-state index in [9.17, 15) is 4.79 Å². The summed E-state index contributed by atoms with van der Waals surface area (Å²) in [5.41, 5.74) is 4.48. The SMILES string of the molecule is CCOC(=O)c1c(-c2cccc3ccccc23)cn(C(Cc2ccc3c(c2)OCO3)c2cnc[nH]2)c1SCC. The van der Waals surface area contributed by atoms with Gasteiger partial charge < -0.3 is 23.8 Å². The number of carbonyl (C=O) groups is 1. The highest BCUT2D eigenvalue weighted by molar-refractivity contribution is 7.99. The van der Waals surface area contributed by atoms with Gasteiger partial charge in [0.15, 0.2) is 11.5 Å². The van der Waals surface area contributed by atoms with E-state index in [0.717, 1.165) is 55.4 Å². The Balaban J connectivity index is 1.56. The molecule has 5 aromatic rings. The Morgan fingerprint density at radius 2 is 1.92 bits per heavy atom. The number of esters is 1. The maximum absolute atomic E-state index is 13.6. The number of carbonyl (C=O) groups excluding carboxylic acids is 1. The van der Waals surface area contributed by atoms with Crippen LogP contribution in [0.5, 0.6) is 11.5 Å². The molecule has 0 saturated heterocycles. The number of aromatic amines is 1. The molecule has 0 bridgehead atoms. The van der Waals surface area contributed by atoms with Gasteiger partial charge in [-0.05, 0) is 53.1 Å². The quantitative estimate of drug-likeness (QED) is 0.162. The van der Waals surface area contributed by atoms with E-state index in [1.807, 2.05) is 43.5 Å². The molecular weight excluding hydrogens is 510 g/mol. The third-order valence-electron chi connectivity index (χ3n) is 6.91. The van der Waals surface area contributed by atoms with Crippen LogP contribution in [0.15, 0.2) is 84.4 Å². The molecule has 0 saturated carbocycles. The third kappa shape index (κ3) is 4.76. The summed E-state index contributed by atoms with van der Waals surface area (Å²) in [5, 5.41) is 3.08. The monoisotopic (exact) mass is 539 g/mol. The maximum atomic E-state index is 13.6. The minimum atomic E-state index is -0.318. The van der Waals surface area contributed by atoms with Crippen molar-refractivity contribution >= 4 is 28.5 Å². The molecular formula is C31H29N3O4S. The van der Waals surface area contributed by atoms with E-state index in [2.05, 4.69) is 58.0 Å². The first-order valence-electron chi connectivity index (χ1n) is 13.1. The second-order valence-electron chi connectivity index (χ2n) is 9.22. The number of hydrogen-bond donors (Lipinski definition) is 1. The van der Waals surface area contributed by atoms with E-state index in [0.29, 0.717) is 18.6 Å². The van der Waals surface area contributed by atoms with E-state index in [1.165, 1.54) is 0 Å². The van der Waals surface area contributed by atoms with Crippen molar-refractivity contribution in [3.63, 3.8) is 0 Å². The summed E-state index contributed by atoms with van der Waals surface area (Å²) >= 11 is 1.64. The average molecular weight is 540 g/mol. The second kappa shape index (κ2) is 10.9. The average Bonchev–Trinajstić information content (AvgIpc) is 3.72. The third-order valence-corrected chi connectivity index (χ3v) is 7.88. The Hall–Kier alpha value is -4.17. The molecule has 1 aliphatic heterocycles. The van der Waals surface area contributed by atoms with Crippen molar-refractivity contribution in [2.45, 2.75) is 31.3 Å². The Bertz CT molecular complexity index is 1620. The van der Waals surface area contributed by atoms with Crippen LogP contribution in [-0.2, 0) is 11.2 Å². The summed E-state index contributed by atoms with van der Waals surface area (Å²) in [4.78, 5) is 21.2. The van der Waals surface area contributed by atoms with Crippen molar-refractivity contribution in [1.82, 2.24) is 14.5 Å². The van der Waals surface area contributed by atoms with Gasteiger partial charge in [0.2, 0.25) is 6.79 Å². The predicted molar refractivity (Wildman–Crippen MR) is 153 cm³/mol. The first-order chi connectivity index (χ1) is 19.2. The molecule has 2 aromatic heterocycles. The summed E-state index contributed by atoms with van der Waals surface area (Å²) in [6.45, 7) is 4.47. The van der Waals surface area contributed by atoms with Crippen LogP contribution in [0.4, 0.5) is 0 Å². The van der Waals surface area contributed by atoms with Crippen LogP contribution in [0.25, 0.3) is 21.9 Å². The Morgan fingerprint density at radius 1 is 1.08 bits per heavy atom. The number of nitrogens with one attached hydrogen (secondary N) is 1. The van der Waals surface area contributed by atoms with Gasteiger partial charge in [-0.15, -0.1) is 11.8 Å². The molecule has 3 aromatic carbocycles. The van der Waals surface area contributed by atoms with Crippen LogP contribution < -0.4 is 9.47 Å². The highest BCUT2D eigenvalue weighted by Crippen LogP contribution is 2.41. The van der Waals surface area contributed by atoms with Gasteiger partial charge in [-0.25, -0.2) is 9.78 Å². The molecule has 0 spiro atoms. The highest BCUT2D eigenvalue weighted by atomic mass is 32.2. The van der Waals surface area contributed by atoms with Crippen LogP contribution in [0.2, 0.25) is 0 Å². The fourth-order valence-corrected chi connectivity index (χ4v) is 6.12. The largest absolute Gasteiger partial charge is 0.462 e. The number of ether oxygens (including phenoxy) is 3. The predicted octanol–water partition coefficient (Wildman–Crippen LogP) is 6.88. The van der Waals surface area contributed by atoms with Crippen molar-refractivity contribution in [1.29, 1.82) is 0 Å². The van der Waals surface area contributed by atoms with Gasteiger partial charge in [-0.2, -0.15) is 0 Å². The lowest BCUT2D eigenvalue weighted by Crippen LogP contribution is -2.15. The van der Waals surface area contributed by atoms with Gasteiger partial charge in [-0.3, -0.25) is 0 Å². The minimum absolute atomic E-state index is 0.154. The van der Waals surface area contributed by atoms with Crippen LogP contribution in [-0.4, -0.2) is 39.7 Å². The Kier molecular flexibility index (Phi) is 7.02. The summed E-state index contributed by atoms with van der Waals surface area (Å²) in [5.74, 6) is 1.98. The summed E-state index contributed by atoms with van der Waals surface area (Å²) in [6.07, 6.45) is 6.29. The van der Waals surface area contributed by atoms with E-state index >= 15 is 0 Å². The highest BCUT2D eigenvalue weighted by Gasteiger charge is 2.29. The van der Waals surface area contributed by atoms with Crippen molar-refractivity contribution in [3.05, 3.63) is 96.2 Å². The van der Waals surface area contributed by atoms with Crippen molar-refractivity contribution in [2.24, 2.45) is 0 Å². The van der Waals surface area contributed by atoms with E-state index in [1.54, 1.807) is 18.1 Å². The van der Waals surface area contributed by atoms with Crippen molar-refractivity contribution < 1.29 is 19.0 Å². The number of aromatic nitrogens is 3. The van der Waals surface area contributed by atoms with Crippen LogP contribution in [0, 0.1) is 0 Å². The molecule has 39 heavy (non-hydrogen) atoms. The normalized spacial score (nSPS) is 13.1. The van der Waals surface area contributed by atoms with Crippen molar-refractivity contribution in [2.75, 3.05) is 19.2 Å². The lowest BCUT2D eigenvalue weighted by Gasteiger charge is -2.21. The molecule has 0 radical (unpaired) electrons. The van der Waals surface area contributed by atoms with Gasteiger partial charge in [0.25, 0.3) is 0 Å². The van der Waals surface area contributed by atoms with Gasteiger partial charge in [0.1, 0.15) is 0 Å². The Labute approximate surface area is 231 Å². The molecule has 0 amide bonds. The van der Waals surface area contributed by atoms with Gasteiger partial charge >= 0.3 is 5.97 Å². The summed E-state index contributed by atoms with van der Waals surface area (Å²) in [7, 11) is 0. The fourth-order valence-electron chi connectivity index (χ4n) is 5.18. The lowest BCUT2D eigenvalue weighted by atomic mass is 9.97. The van der Waals surface area contributed by atoms with E-state index < -0.39 is 0 Å². The molecule has 1 unspecified atom stereocenters. The number of nitrogens with zero attached hydrogens (tertiary/aromatic N) is 2. The molecule has 1 N–H and O–H groups in total. The topological polar surface area (TPSA) is 78.4 Å². The first-order valence-corrected chi connectivity index (χ1v) is 14.1. The molecule has 198 valence electrons. The van der Waals surface area contributed by atoms with E-state index in [4.69, 9.17) is 14.2 Å². The molecule has 6 rings (SSSR count). The van der Waals surface area contributed by atoms with Crippen molar-refractivity contribution in [3.8, 4) is 22.6 Å². The smallest absolute Gasteiger partial charge is 0.341 e. The van der Waals surface area contributed by atoms with Crippen LogP contribution in [0.1, 0.15) is 41.5 Å². The number of benzene rings is 3. The second-order valence-corrected chi connectivity index (χ2v) is 10.5. The van der Waals surface area contributed by atoms with Gasteiger partial charge in [-0.1, -0.05) is 55.5 Å². The fraction of sp³-hybridized carbons (Fsp3) is 0.226. The Morgan fingerprint density at radius 3 is 2.74 bits per heavy atom. The number of fused-ring (bicyclic) bond motifs is 2. The molecule has 1 aliphatic rings. The molecule has 1 atom stereocenters. The van der Waals surface area contributed by atoms with E-state index in [-0.39, 0.29) is 18.8 Å². The molecule has 0 fully saturated rings. The first kappa shape index (κ1) is 25.1. The number of H-pyrrole nitrogens is 1. The molecule has 0 aliphatic carbocycles. The minimum Gasteiger partial charge on any atom is -0.462 e.